The molecule has 0 radical (unpaired) electrons. The fourth-order valence-corrected chi connectivity index (χ4v) is 2.89. The van der Waals surface area contributed by atoms with E-state index in [4.69, 9.17) is 0 Å². The maximum absolute atomic E-state index is 13.0. The van der Waals surface area contributed by atoms with E-state index in [2.05, 4.69) is 17.1 Å². The van der Waals surface area contributed by atoms with Gasteiger partial charge in [-0.15, -0.1) is 0 Å². The molecule has 1 heterocycles. The Hall–Kier alpha value is -1.07. The smallest absolute Gasteiger partial charge is 0.313 e. The summed E-state index contributed by atoms with van der Waals surface area (Å²) in [6, 6.07) is 6.30. The number of benzene rings is 1. The van der Waals surface area contributed by atoms with Gasteiger partial charge in [-0.05, 0) is 44.0 Å². The number of nitrogens with one attached hydrogen (secondary N) is 1. The maximum atomic E-state index is 13.0. The Kier molecular flexibility index (Phi) is 5.65. The van der Waals surface area contributed by atoms with Crippen LogP contribution >= 0.6 is 0 Å². The van der Waals surface area contributed by atoms with Crippen LogP contribution in [0.1, 0.15) is 37.3 Å². The van der Waals surface area contributed by atoms with E-state index in [9.17, 15) is 13.2 Å². The van der Waals surface area contributed by atoms with Crippen LogP contribution in [0.5, 0.6) is 0 Å². The van der Waals surface area contributed by atoms with E-state index in [1.807, 2.05) is 0 Å². The van der Waals surface area contributed by atoms with Crippen LogP contribution in [0.3, 0.4) is 0 Å². The summed E-state index contributed by atoms with van der Waals surface area (Å²) in [5.41, 5.74) is -0.130. The van der Waals surface area contributed by atoms with E-state index in [0.29, 0.717) is 18.2 Å². The number of rotatable bonds is 5. The summed E-state index contributed by atoms with van der Waals surface area (Å²) in [7, 11) is 0. The van der Waals surface area contributed by atoms with Crippen LogP contribution in [0.2, 0.25) is 0 Å². The van der Waals surface area contributed by atoms with Crippen molar-refractivity contribution in [1.82, 2.24) is 10.2 Å². The molecule has 1 aromatic carbocycles. The van der Waals surface area contributed by atoms with E-state index in [-0.39, 0.29) is 0 Å². The Morgan fingerprint density at radius 2 is 2.05 bits per heavy atom. The Morgan fingerprint density at radius 1 is 1.29 bits per heavy atom. The topological polar surface area (TPSA) is 15.3 Å². The molecular weight excluding hydrogens is 277 g/mol. The predicted octanol–water partition coefficient (Wildman–Crippen LogP) is 3.67. The Bertz CT molecular complexity index is 445. The average Bonchev–Trinajstić information content (AvgIpc) is 2.45. The predicted molar refractivity (Wildman–Crippen MR) is 78.0 cm³/mol. The van der Waals surface area contributed by atoms with Gasteiger partial charge in [0.25, 0.3) is 0 Å². The minimum Gasteiger partial charge on any atom is -0.313 e. The second kappa shape index (κ2) is 7.27. The first-order chi connectivity index (χ1) is 10.0. The first-order valence-electron chi connectivity index (χ1n) is 7.61. The van der Waals surface area contributed by atoms with Gasteiger partial charge in [0.15, 0.2) is 0 Å². The van der Waals surface area contributed by atoms with Gasteiger partial charge in [-0.25, -0.2) is 0 Å². The number of hydrogen-bond acceptors (Lipinski definition) is 2. The van der Waals surface area contributed by atoms with Crippen molar-refractivity contribution in [3.8, 4) is 0 Å². The number of alkyl halides is 3. The van der Waals surface area contributed by atoms with Crippen molar-refractivity contribution < 1.29 is 13.2 Å². The van der Waals surface area contributed by atoms with Crippen molar-refractivity contribution in [2.45, 2.75) is 44.9 Å². The lowest BCUT2D eigenvalue weighted by Crippen LogP contribution is -2.45. The summed E-state index contributed by atoms with van der Waals surface area (Å²) < 4.78 is 39.0. The third-order valence-corrected chi connectivity index (χ3v) is 3.91. The Morgan fingerprint density at radius 3 is 2.76 bits per heavy atom. The molecule has 0 spiro atoms. The van der Waals surface area contributed by atoms with Gasteiger partial charge >= 0.3 is 6.18 Å². The quantitative estimate of drug-likeness (QED) is 0.892. The number of likely N-dealkylation sites (tertiary alicyclic amines) is 1. The molecule has 1 unspecified atom stereocenters. The minimum atomic E-state index is -4.27. The van der Waals surface area contributed by atoms with Crippen molar-refractivity contribution in [3.05, 3.63) is 35.4 Å². The molecule has 1 aromatic rings. The molecule has 1 N–H and O–H groups in total. The fourth-order valence-electron chi connectivity index (χ4n) is 2.89. The lowest BCUT2D eigenvalue weighted by molar-refractivity contribution is -0.138. The van der Waals surface area contributed by atoms with Crippen molar-refractivity contribution >= 4 is 0 Å². The van der Waals surface area contributed by atoms with Gasteiger partial charge in [-0.2, -0.15) is 13.2 Å². The molecule has 5 heteroatoms. The molecular formula is C16H23F3N2. The molecule has 21 heavy (non-hydrogen) atoms. The lowest BCUT2D eigenvalue weighted by Gasteiger charge is -2.33. The molecule has 1 aliphatic heterocycles. The van der Waals surface area contributed by atoms with Gasteiger partial charge in [0.1, 0.15) is 0 Å². The van der Waals surface area contributed by atoms with Crippen LogP contribution < -0.4 is 5.32 Å². The number of hydrogen-bond donors (Lipinski definition) is 1. The highest BCUT2D eigenvalue weighted by Gasteiger charge is 2.33. The molecule has 1 atom stereocenters. The summed E-state index contributed by atoms with van der Waals surface area (Å²) in [5, 5.41) is 3.47. The fraction of sp³-hybridized carbons (Fsp3) is 0.625. The monoisotopic (exact) mass is 300 g/mol. The first-order valence-corrected chi connectivity index (χ1v) is 7.61. The van der Waals surface area contributed by atoms with Crippen LogP contribution in [-0.2, 0) is 12.7 Å². The maximum Gasteiger partial charge on any atom is 0.416 e. The third kappa shape index (κ3) is 4.71. The molecule has 118 valence electrons. The average molecular weight is 300 g/mol. The molecule has 1 fully saturated rings. The summed E-state index contributed by atoms with van der Waals surface area (Å²) in [6.45, 7) is 5.16. The van der Waals surface area contributed by atoms with Gasteiger partial charge in [-0.1, -0.05) is 25.1 Å². The molecule has 2 nitrogen and oxygen atoms in total. The second-order valence-electron chi connectivity index (χ2n) is 5.68. The van der Waals surface area contributed by atoms with Crippen molar-refractivity contribution in [3.63, 3.8) is 0 Å². The van der Waals surface area contributed by atoms with Crippen LogP contribution in [0, 0.1) is 0 Å². The molecule has 0 saturated carbocycles. The Balaban J connectivity index is 2.01. The largest absolute Gasteiger partial charge is 0.416 e. The van der Waals surface area contributed by atoms with Crippen molar-refractivity contribution in [2.75, 3.05) is 19.6 Å². The highest BCUT2D eigenvalue weighted by molar-refractivity contribution is 5.29. The van der Waals surface area contributed by atoms with Gasteiger partial charge in [0, 0.05) is 19.1 Å². The van der Waals surface area contributed by atoms with E-state index < -0.39 is 11.7 Å². The van der Waals surface area contributed by atoms with Gasteiger partial charge in [0.05, 0.1) is 5.56 Å². The highest BCUT2D eigenvalue weighted by atomic mass is 19.4. The van der Waals surface area contributed by atoms with Gasteiger partial charge in [0.2, 0.25) is 0 Å². The molecule has 1 aliphatic rings. The molecule has 0 aliphatic carbocycles. The van der Waals surface area contributed by atoms with E-state index in [0.717, 1.165) is 38.9 Å². The Labute approximate surface area is 124 Å². The summed E-state index contributed by atoms with van der Waals surface area (Å²) in [5.74, 6) is 0. The van der Waals surface area contributed by atoms with Crippen molar-refractivity contribution in [1.29, 1.82) is 0 Å². The first kappa shape index (κ1) is 16.3. The zero-order chi connectivity index (χ0) is 15.3. The van der Waals surface area contributed by atoms with Crippen LogP contribution in [0.4, 0.5) is 13.2 Å². The summed E-state index contributed by atoms with van der Waals surface area (Å²) in [6.07, 6.45) is -1.05. The standard InChI is InChI=1S/C16H23F3N2/c1-2-9-20-14-7-5-10-21(12-14)11-13-6-3-4-8-15(13)16(17,18)19/h3-4,6,8,14,20H,2,5,7,9-12H2,1H3. The highest BCUT2D eigenvalue weighted by Crippen LogP contribution is 2.32. The third-order valence-electron chi connectivity index (χ3n) is 3.91. The zero-order valence-corrected chi connectivity index (χ0v) is 12.4. The number of piperidine rings is 1. The van der Waals surface area contributed by atoms with Gasteiger partial charge in [-0.3, -0.25) is 4.90 Å². The van der Waals surface area contributed by atoms with Crippen LogP contribution in [-0.4, -0.2) is 30.6 Å². The van der Waals surface area contributed by atoms with E-state index in [1.54, 1.807) is 12.1 Å². The molecule has 1 saturated heterocycles. The minimum absolute atomic E-state index is 0.375. The molecule has 2 rings (SSSR count). The SMILES string of the molecule is CCCNC1CCCN(Cc2ccccc2C(F)(F)F)C1. The number of nitrogens with zero attached hydrogens (tertiary/aromatic N) is 1. The number of halogens is 3. The van der Waals surface area contributed by atoms with Crippen LogP contribution in [0.15, 0.2) is 24.3 Å². The molecule has 0 bridgehead atoms. The normalized spacial score (nSPS) is 20.7. The van der Waals surface area contributed by atoms with E-state index in [1.165, 1.54) is 12.1 Å². The van der Waals surface area contributed by atoms with Crippen LogP contribution in [0.25, 0.3) is 0 Å². The van der Waals surface area contributed by atoms with Crippen molar-refractivity contribution in [2.24, 2.45) is 0 Å². The zero-order valence-electron chi connectivity index (χ0n) is 12.4. The molecule has 0 amide bonds. The van der Waals surface area contributed by atoms with E-state index >= 15 is 0 Å². The molecule has 0 aromatic heterocycles. The second-order valence-corrected chi connectivity index (χ2v) is 5.68. The van der Waals surface area contributed by atoms with Gasteiger partial charge < -0.3 is 5.32 Å². The lowest BCUT2D eigenvalue weighted by atomic mass is 10.0. The summed E-state index contributed by atoms with van der Waals surface area (Å²) in [4.78, 5) is 2.13. The summed E-state index contributed by atoms with van der Waals surface area (Å²) >= 11 is 0.